The van der Waals surface area contributed by atoms with Crippen molar-refractivity contribution in [2.24, 2.45) is 11.8 Å². The van der Waals surface area contributed by atoms with E-state index in [2.05, 4.69) is 55.9 Å². The predicted octanol–water partition coefficient (Wildman–Crippen LogP) is 2.80. The van der Waals surface area contributed by atoms with Crippen LogP contribution in [0.3, 0.4) is 0 Å². The molecule has 45 nitrogen and oxygen atoms in total. The molecule has 5 fully saturated rings. The molecule has 1 aromatic rings. The minimum Gasteiger partial charge on any atom is -0.496 e. The second kappa shape index (κ2) is 53.6. The van der Waals surface area contributed by atoms with Gasteiger partial charge < -0.3 is 135 Å². The van der Waals surface area contributed by atoms with E-state index in [-0.39, 0.29) is 44.3 Å². The lowest BCUT2D eigenvalue weighted by atomic mass is 9.86. The second-order valence-corrected chi connectivity index (χ2v) is 31.1. The van der Waals surface area contributed by atoms with Crippen LogP contribution in [0.15, 0.2) is 6.07 Å². The van der Waals surface area contributed by atoms with Crippen molar-refractivity contribution in [2.75, 3.05) is 68.5 Å². The number of methoxy groups -OCH3 is 5. The molecule has 4 N–H and O–H groups in total. The van der Waals surface area contributed by atoms with Gasteiger partial charge in [-0.3, -0.25) is 71.9 Å². The van der Waals surface area contributed by atoms with E-state index < -0.39 is 293 Å². The zero-order chi connectivity index (χ0) is 96.9. The Morgan fingerprint density at radius 1 is 0.469 bits per heavy atom. The Morgan fingerprint density at radius 2 is 0.915 bits per heavy atom. The Morgan fingerprint density at radius 3 is 1.34 bits per heavy atom. The average Bonchev–Trinajstić information content (AvgIpc) is 0.724. The number of amides is 3. The van der Waals surface area contributed by atoms with Gasteiger partial charge in [-0.05, 0) is 19.3 Å². The first-order valence-corrected chi connectivity index (χ1v) is 41.1. The zero-order valence-electron chi connectivity index (χ0n) is 77.0. The standard InChI is InChI=1S/C76H106N4O41.C4H10.C3H8.2CH4/c1-31(22-47-48(98-17)23-49(99-18)62(101-20)61(47)100-19)60(95)32(2)77-26-52-59(80-35(5)83)67(63(111-43(13)91)56(115-52)30-106-75(73(96)102-21)24-50(107-39(9)87)57(78-33(3)81)68(119-75)64(112-44(14)92)53(109-41(11)89)27-103-36(6)84)117-72-71(114-46(16)94)70-66(55(116-72)29-105-38(8)86)118-74(97)76(121-70)25-51(108-40(10)88)58(79-34(4)82)69(120-76)65(113-45(15)93)54(110-42(12)90)28-104-37(7)85;1-4(2)3;1-3-2;;/h23,31-32,50-59,63-72,77H,22,24-30H2,1-21H3,(H,78,81)(H,79,82)(H,80,83);4H,1-3H3;3H2,1-2H3;2*1H4/t31?,32-,50-,51+,52+,53-,54-,55?,56?,57-,58-,59?,63+,64-,65-,66+,67-,68?,69?,70+,71?,72+,75-,76+;;;;/m1..../s1. The topological polar surface area (TPSA) is 560 Å². The summed E-state index contributed by atoms with van der Waals surface area (Å²) >= 11 is 0. The second-order valence-electron chi connectivity index (χ2n) is 31.1. The molecule has 1 spiro atoms. The van der Waals surface area contributed by atoms with Crippen LogP contribution in [-0.4, -0.2) is 309 Å². The highest BCUT2D eigenvalue weighted by atomic mass is 16.8. The van der Waals surface area contributed by atoms with Crippen molar-refractivity contribution in [2.45, 2.75) is 326 Å². The van der Waals surface area contributed by atoms with Crippen molar-refractivity contribution in [3.05, 3.63) is 11.6 Å². The lowest BCUT2D eigenvalue weighted by Gasteiger charge is -2.55. The van der Waals surface area contributed by atoms with Gasteiger partial charge in [0, 0.05) is 121 Å². The molecule has 0 radical (unpaired) electrons. The van der Waals surface area contributed by atoms with Gasteiger partial charge in [0.2, 0.25) is 23.5 Å². The fraction of sp³-hybridized carbons (Fsp3) is 0.729. The van der Waals surface area contributed by atoms with Gasteiger partial charge in [0.25, 0.3) is 11.6 Å². The maximum Gasteiger partial charge on any atom is 0.367 e. The van der Waals surface area contributed by atoms with Crippen molar-refractivity contribution in [3.63, 3.8) is 0 Å². The van der Waals surface area contributed by atoms with Crippen LogP contribution in [0.25, 0.3) is 0 Å². The van der Waals surface area contributed by atoms with Crippen LogP contribution in [0, 0.1) is 11.8 Å². The van der Waals surface area contributed by atoms with Gasteiger partial charge in [-0.1, -0.05) is 62.8 Å². The fourth-order valence-corrected chi connectivity index (χ4v) is 14.7. The monoisotopic (exact) mass is 1860 g/mol. The summed E-state index contributed by atoms with van der Waals surface area (Å²) in [6, 6.07) is -4.95. The molecule has 1 aromatic carbocycles. The maximum atomic E-state index is 15.3. The van der Waals surface area contributed by atoms with Gasteiger partial charge in [0.1, 0.15) is 74.4 Å². The first-order chi connectivity index (χ1) is 59.9. The third-order valence-electron chi connectivity index (χ3n) is 19.1. The number of nitrogens with one attached hydrogen (secondary N) is 4. The number of hydrogen-bond donors (Lipinski definition) is 4. The molecular formula is C85H132N4O41. The van der Waals surface area contributed by atoms with Crippen molar-refractivity contribution in [1.29, 1.82) is 0 Å². The van der Waals surface area contributed by atoms with E-state index in [1.54, 1.807) is 6.92 Å². The fourth-order valence-electron chi connectivity index (χ4n) is 14.7. The van der Waals surface area contributed by atoms with E-state index in [4.69, 9.17) is 114 Å². The minimum absolute atomic E-state index is 0. The highest BCUT2D eigenvalue weighted by molar-refractivity contribution is 5.86. The molecule has 5 aliphatic rings. The molecule has 6 rings (SSSR count). The highest BCUT2D eigenvalue weighted by Crippen LogP contribution is 2.48. The summed E-state index contributed by atoms with van der Waals surface area (Å²) in [5.41, 5.74) is 0.380. The van der Waals surface area contributed by atoms with Gasteiger partial charge in [0.05, 0.1) is 85.3 Å². The number of ketones is 1. The van der Waals surface area contributed by atoms with E-state index >= 15 is 9.59 Å². The molecular weight excluding hydrogens is 1730 g/mol. The van der Waals surface area contributed by atoms with E-state index in [1.807, 2.05) is 0 Å². The first kappa shape index (κ1) is 115. The molecule has 7 unspecified atom stereocenters. The van der Waals surface area contributed by atoms with Crippen LogP contribution in [-0.2, 0) is 183 Å². The summed E-state index contributed by atoms with van der Waals surface area (Å²) in [6.45, 7) is 22.6. The number of Topliss-reactive ketones (excluding diaryl/α,β-unsaturated/α-hetero) is 1. The number of esters is 13. The third kappa shape index (κ3) is 33.3. The smallest absolute Gasteiger partial charge is 0.367 e. The molecule has 0 bridgehead atoms. The van der Waals surface area contributed by atoms with Crippen molar-refractivity contribution in [1.82, 2.24) is 21.3 Å². The number of ether oxygens (including phenoxy) is 24. The number of carbonyl (C=O) groups excluding carboxylic acids is 17. The van der Waals surface area contributed by atoms with Gasteiger partial charge >= 0.3 is 77.6 Å². The SMILES string of the molecule is C.C.CC(C)C.CCC.COC(=O)[C@@]1(OCC2O[C@@H](CN[C@H](C)C(=O)C(C)Cc3c(OC)cc(OC)c(OC)c3OC)C(NC(C)=O)[C@@H](O[C@@H]3OC(COC(C)=O)[C@@H]4OC(=O)[C@]5(C[C@H](OC(C)=O)[C@@H](NC(C)=O)C([C@H](OC(C)=O)[C@@H](COC(C)=O)OC(C)=O)O5)O[C@@H]4C3OC(C)=O)[C@H]2OC(C)=O)C[C@@H](OC(C)=O)[C@@H](NC(C)=O)C([C@H](OC(C)=O)[C@@H](COC(C)=O)OC(C)=O)O1. The molecule has 5 heterocycles. The molecule has 0 aliphatic carbocycles. The predicted molar refractivity (Wildman–Crippen MR) is 444 cm³/mol. The molecule has 5 saturated heterocycles. The van der Waals surface area contributed by atoms with E-state index in [9.17, 15) is 71.9 Å². The van der Waals surface area contributed by atoms with Gasteiger partial charge in [-0.2, -0.15) is 0 Å². The van der Waals surface area contributed by atoms with E-state index in [1.165, 1.54) is 47.9 Å². The van der Waals surface area contributed by atoms with Crippen LogP contribution in [0.4, 0.5) is 0 Å². The normalized spacial score (nSPS) is 26.6. The first-order valence-electron chi connectivity index (χ1n) is 41.1. The summed E-state index contributed by atoms with van der Waals surface area (Å²) in [6.07, 6.45) is -35.1. The highest BCUT2D eigenvalue weighted by Gasteiger charge is 2.68. The molecule has 738 valence electrons. The Balaban J connectivity index is 0.00000613. The summed E-state index contributed by atoms with van der Waals surface area (Å²) in [4.78, 5) is 230. The number of rotatable bonds is 38. The van der Waals surface area contributed by atoms with Gasteiger partial charge in [-0.25, -0.2) is 9.59 Å². The molecule has 0 aromatic heterocycles. The van der Waals surface area contributed by atoms with Crippen molar-refractivity contribution < 1.29 is 195 Å². The molecule has 24 atom stereocenters. The molecule has 0 saturated carbocycles. The van der Waals surface area contributed by atoms with Crippen molar-refractivity contribution >= 4 is 101 Å². The average molecular weight is 1870 g/mol. The van der Waals surface area contributed by atoms with Crippen molar-refractivity contribution in [3.8, 4) is 23.0 Å². The summed E-state index contributed by atoms with van der Waals surface area (Å²) in [5, 5.41) is 10.9. The molecule has 3 amide bonds. The lowest BCUT2D eigenvalue weighted by Crippen LogP contribution is -2.75. The van der Waals surface area contributed by atoms with E-state index in [0.717, 1.165) is 110 Å². The maximum absolute atomic E-state index is 15.3. The van der Waals surface area contributed by atoms with Crippen LogP contribution in [0.5, 0.6) is 23.0 Å². The minimum atomic E-state index is -3.08. The Hall–Kier alpha value is -10.7. The van der Waals surface area contributed by atoms with Crippen LogP contribution in [0.2, 0.25) is 0 Å². The van der Waals surface area contributed by atoms with Crippen LogP contribution in [0.1, 0.15) is 185 Å². The molecule has 130 heavy (non-hydrogen) atoms. The summed E-state index contributed by atoms with van der Waals surface area (Å²) in [7, 11) is 6.35. The Labute approximate surface area is 755 Å². The lowest BCUT2D eigenvalue weighted by molar-refractivity contribution is -0.401. The largest absolute Gasteiger partial charge is 0.496 e. The number of fused-ring (bicyclic) bond motifs is 1. The summed E-state index contributed by atoms with van der Waals surface area (Å²) in [5.74, 6) is -23.5. The summed E-state index contributed by atoms with van der Waals surface area (Å²) < 4.78 is 143. The quantitative estimate of drug-likeness (QED) is 0.0546. The van der Waals surface area contributed by atoms with Gasteiger partial charge in [0.15, 0.2) is 66.3 Å². The number of carbonyl (C=O) groups is 17. The number of hydrogen-bond acceptors (Lipinski definition) is 42. The van der Waals surface area contributed by atoms with Gasteiger partial charge in [-0.15, -0.1) is 0 Å². The van der Waals surface area contributed by atoms with Crippen LogP contribution >= 0.6 is 0 Å². The van der Waals surface area contributed by atoms with Crippen LogP contribution < -0.4 is 40.2 Å². The van der Waals surface area contributed by atoms with E-state index in [0.29, 0.717) is 5.56 Å². The molecule has 5 aliphatic heterocycles. The Kier molecular flexibility index (Phi) is 47.5. The Bertz CT molecular complexity index is 4040. The third-order valence-corrected chi connectivity index (χ3v) is 19.1. The molecule has 45 heteroatoms. The number of benzene rings is 1. The zero-order valence-corrected chi connectivity index (χ0v) is 77.0.